The molecule has 0 spiro atoms. The average Bonchev–Trinajstić information content (AvgIpc) is 2.31. The molecule has 0 saturated carbocycles. The fraction of sp³-hybridized carbons (Fsp3) is 0.462. The number of rotatable bonds is 5. The van der Waals surface area contributed by atoms with Gasteiger partial charge in [0.05, 0.1) is 12.6 Å². The summed E-state index contributed by atoms with van der Waals surface area (Å²) in [6, 6.07) is 2.92. The number of carbonyl (C=O) groups is 1. The van der Waals surface area contributed by atoms with Gasteiger partial charge < -0.3 is 10.0 Å². The zero-order chi connectivity index (χ0) is 14.6. The van der Waals surface area contributed by atoms with E-state index in [4.69, 9.17) is 0 Å². The number of aliphatic hydroxyl groups excluding tert-OH is 1. The van der Waals surface area contributed by atoms with Crippen molar-refractivity contribution in [3.63, 3.8) is 0 Å². The van der Waals surface area contributed by atoms with Crippen LogP contribution in [0.2, 0.25) is 0 Å². The van der Waals surface area contributed by atoms with Gasteiger partial charge in [-0.05, 0) is 25.2 Å². The number of likely N-dealkylation sites (N-methyl/N-ethyl adjacent to an activating group) is 2. The van der Waals surface area contributed by atoms with Crippen LogP contribution in [0, 0.1) is 11.6 Å². The third-order valence-corrected chi connectivity index (χ3v) is 2.71. The maximum atomic E-state index is 13.4. The Labute approximate surface area is 111 Å². The molecule has 0 aromatic heterocycles. The first-order chi connectivity index (χ1) is 8.81. The Bertz CT molecular complexity index is 452. The SMILES string of the molecule is CN(CC(=O)N(C)C)CC(O)c1cc(F)ccc1F. The molecule has 1 aromatic carbocycles. The molecule has 0 heterocycles. The van der Waals surface area contributed by atoms with Gasteiger partial charge in [0.15, 0.2) is 0 Å². The van der Waals surface area contributed by atoms with Gasteiger partial charge in [0.1, 0.15) is 11.6 Å². The first kappa shape index (κ1) is 15.5. The lowest BCUT2D eigenvalue weighted by atomic mass is 10.1. The van der Waals surface area contributed by atoms with Crippen LogP contribution >= 0.6 is 0 Å². The predicted molar refractivity (Wildman–Crippen MR) is 67.5 cm³/mol. The van der Waals surface area contributed by atoms with Crippen molar-refractivity contribution in [1.29, 1.82) is 0 Å². The van der Waals surface area contributed by atoms with E-state index in [2.05, 4.69) is 0 Å². The Hall–Kier alpha value is -1.53. The van der Waals surface area contributed by atoms with Crippen molar-refractivity contribution >= 4 is 5.91 Å². The summed E-state index contributed by atoms with van der Waals surface area (Å²) in [5.41, 5.74) is -0.107. The normalized spacial score (nSPS) is 12.6. The first-order valence-electron chi connectivity index (χ1n) is 5.83. The molecular formula is C13H18F2N2O2. The van der Waals surface area contributed by atoms with E-state index in [9.17, 15) is 18.7 Å². The molecule has 0 fully saturated rings. The van der Waals surface area contributed by atoms with Crippen LogP contribution in [0.3, 0.4) is 0 Å². The van der Waals surface area contributed by atoms with Crippen LogP contribution in [-0.4, -0.2) is 55.0 Å². The highest BCUT2D eigenvalue weighted by Crippen LogP contribution is 2.19. The van der Waals surface area contributed by atoms with Crippen LogP contribution < -0.4 is 0 Å². The van der Waals surface area contributed by atoms with Gasteiger partial charge in [0.25, 0.3) is 0 Å². The average molecular weight is 272 g/mol. The molecule has 1 amide bonds. The number of carbonyl (C=O) groups excluding carboxylic acids is 1. The number of hydrogen-bond donors (Lipinski definition) is 1. The zero-order valence-corrected chi connectivity index (χ0v) is 11.2. The molecule has 1 aromatic rings. The summed E-state index contributed by atoms with van der Waals surface area (Å²) in [6.45, 7) is 0.140. The quantitative estimate of drug-likeness (QED) is 0.870. The van der Waals surface area contributed by atoms with Crippen LogP contribution in [-0.2, 0) is 4.79 Å². The summed E-state index contributed by atoms with van der Waals surface area (Å²) < 4.78 is 26.4. The van der Waals surface area contributed by atoms with E-state index in [1.165, 1.54) is 4.90 Å². The minimum absolute atomic E-state index is 0.0416. The fourth-order valence-corrected chi connectivity index (χ4v) is 1.60. The Morgan fingerprint density at radius 3 is 2.53 bits per heavy atom. The number of nitrogens with zero attached hydrogens (tertiary/aromatic N) is 2. The highest BCUT2D eigenvalue weighted by Gasteiger charge is 2.17. The standard InChI is InChI=1S/C13H18F2N2O2/c1-16(2)13(19)8-17(3)7-12(18)10-6-9(14)4-5-11(10)15/h4-6,12,18H,7-8H2,1-3H3. The van der Waals surface area contributed by atoms with E-state index in [1.54, 1.807) is 26.0 Å². The molecule has 0 aliphatic heterocycles. The van der Waals surface area contributed by atoms with E-state index in [-0.39, 0.29) is 24.6 Å². The maximum absolute atomic E-state index is 13.4. The minimum Gasteiger partial charge on any atom is -0.387 e. The molecule has 0 aliphatic carbocycles. The zero-order valence-electron chi connectivity index (χ0n) is 11.2. The molecule has 1 N–H and O–H groups in total. The van der Waals surface area contributed by atoms with E-state index in [0.717, 1.165) is 18.2 Å². The number of halogens is 2. The summed E-state index contributed by atoms with van der Waals surface area (Å²) in [7, 11) is 4.87. The molecule has 19 heavy (non-hydrogen) atoms. The van der Waals surface area contributed by atoms with Crippen LogP contribution in [0.5, 0.6) is 0 Å². The first-order valence-corrected chi connectivity index (χ1v) is 5.83. The summed E-state index contributed by atoms with van der Waals surface area (Å²) in [6.07, 6.45) is -1.18. The van der Waals surface area contributed by atoms with E-state index < -0.39 is 17.7 Å². The molecule has 4 nitrogen and oxygen atoms in total. The van der Waals surface area contributed by atoms with Crippen molar-refractivity contribution in [2.45, 2.75) is 6.10 Å². The van der Waals surface area contributed by atoms with Crippen molar-refractivity contribution in [3.05, 3.63) is 35.4 Å². The lowest BCUT2D eigenvalue weighted by Gasteiger charge is -2.22. The third-order valence-electron chi connectivity index (χ3n) is 2.71. The van der Waals surface area contributed by atoms with Gasteiger partial charge in [-0.15, -0.1) is 0 Å². The Morgan fingerprint density at radius 2 is 1.95 bits per heavy atom. The predicted octanol–water partition coefficient (Wildman–Crippen LogP) is 1.02. The third kappa shape index (κ3) is 4.57. The minimum atomic E-state index is -1.18. The van der Waals surface area contributed by atoms with Gasteiger partial charge in [0, 0.05) is 26.2 Å². The number of benzene rings is 1. The summed E-state index contributed by atoms with van der Waals surface area (Å²) in [5.74, 6) is -1.40. The van der Waals surface area contributed by atoms with Crippen molar-refractivity contribution in [2.75, 3.05) is 34.2 Å². The summed E-state index contributed by atoms with van der Waals surface area (Å²) in [4.78, 5) is 14.4. The van der Waals surface area contributed by atoms with E-state index in [1.807, 2.05) is 0 Å². The number of hydrogen-bond acceptors (Lipinski definition) is 3. The second kappa shape index (κ2) is 6.58. The topological polar surface area (TPSA) is 43.8 Å². The smallest absolute Gasteiger partial charge is 0.236 e. The number of aliphatic hydroxyl groups is 1. The largest absolute Gasteiger partial charge is 0.387 e. The molecule has 106 valence electrons. The highest BCUT2D eigenvalue weighted by atomic mass is 19.1. The van der Waals surface area contributed by atoms with Crippen LogP contribution in [0.15, 0.2) is 18.2 Å². The highest BCUT2D eigenvalue weighted by molar-refractivity contribution is 5.77. The molecule has 1 rings (SSSR count). The molecule has 1 unspecified atom stereocenters. The van der Waals surface area contributed by atoms with Gasteiger partial charge in [-0.25, -0.2) is 8.78 Å². The Balaban J connectivity index is 2.66. The van der Waals surface area contributed by atoms with Gasteiger partial charge in [-0.2, -0.15) is 0 Å². The Kier molecular flexibility index (Phi) is 5.38. The van der Waals surface area contributed by atoms with Gasteiger partial charge in [-0.1, -0.05) is 0 Å². The van der Waals surface area contributed by atoms with Crippen LogP contribution in [0.1, 0.15) is 11.7 Å². The maximum Gasteiger partial charge on any atom is 0.236 e. The van der Waals surface area contributed by atoms with Crippen molar-refractivity contribution in [2.24, 2.45) is 0 Å². The van der Waals surface area contributed by atoms with Gasteiger partial charge >= 0.3 is 0 Å². The van der Waals surface area contributed by atoms with E-state index >= 15 is 0 Å². The molecule has 1 atom stereocenters. The second-order valence-electron chi connectivity index (χ2n) is 4.67. The van der Waals surface area contributed by atoms with Crippen molar-refractivity contribution in [1.82, 2.24) is 9.80 Å². The van der Waals surface area contributed by atoms with Crippen molar-refractivity contribution < 1.29 is 18.7 Å². The molecular weight excluding hydrogens is 254 g/mol. The number of amides is 1. The summed E-state index contributed by atoms with van der Waals surface area (Å²) in [5, 5.41) is 9.87. The van der Waals surface area contributed by atoms with Crippen molar-refractivity contribution in [3.8, 4) is 0 Å². The lowest BCUT2D eigenvalue weighted by molar-refractivity contribution is -0.129. The van der Waals surface area contributed by atoms with E-state index in [0.29, 0.717) is 0 Å². The fourth-order valence-electron chi connectivity index (χ4n) is 1.60. The lowest BCUT2D eigenvalue weighted by Crippen LogP contribution is -2.36. The Morgan fingerprint density at radius 1 is 1.32 bits per heavy atom. The van der Waals surface area contributed by atoms with Gasteiger partial charge in [-0.3, -0.25) is 9.69 Å². The molecule has 6 heteroatoms. The second-order valence-corrected chi connectivity index (χ2v) is 4.67. The molecule has 0 radical (unpaired) electrons. The molecule has 0 bridgehead atoms. The molecule has 0 aliphatic rings. The van der Waals surface area contributed by atoms with Crippen LogP contribution in [0.25, 0.3) is 0 Å². The monoisotopic (exact) mass is 272 g/mol. The summed E-state index contributed by atoms with van der Waals surface area (Å²) >= 11 is 0. The van der Waals surface area contributed by atoms with Gasteiger partial charge in [0.2, 0.25) is 5.91 Å². The molecule has 0 saturated heterocycles. The van der Waals surface area contributed by atoms with Crippen LogP contribution in [0.4, 0.5) is 8.78 Å².